The second kappa shape index (κ2) is 6.41. The van der Waals surface area contributed by atoms with E-state index < -0.39 is 25.0 Å². The molecule has 7 heteroatoms. The number of carbonyl (C=O) groups is 1. The van der Waals surface area contributed by atoms with Gasteiger partial charge in [-0.3, -0.25) is 0 Å². The third-order valence-corrected chi connectivity index (χ3v) is 1.19. The number of aliphatic hydroxyl groups is 1. The molecule has 0 aromatic rings. The van der Waals surface area contributed by atoms with Gasteiger partial charge in [-0.2, -0.15) is 13.2 Å². The molecule has 15 heavy (non-hydrogen) atoms. The van der Waals surface area contributed by atoms with Crippen molar-refractivity contribution in [2.75, 3.05) is 13.2 Å². The van der Waals surface area contributed by atoms with E-state index in [0.717, 1.165) is 6.08 Å². The van der Waals surface area contributed by atoms with Crippen molar-refractivity contribution in [1.29, 1.82) is 0 Å². The highest BCUT2D eigenvalue weighted by Crippen LogP contribution is 2.14. The Bertz CT molecular complexity index is 214. The van der Waals surface area contributed by atoms with Crippen LogP contribution in [0.2, 0.25) is 0 Å². The van der Waals surface area contributed by atoms with Crippen LogP contribution in [0.3, 0.4) is 0 Å². The first-order valence-corrected chi connectivity index (χ1v) is 4.01. The van der Waals surface area contributed by atoms with Crippen LogP contribution in [-0.2, 0) is 14.3 Å². The van der Waals surface area contributed by atoms with E-state index in [0.29, 0.717) is 0 Å². The molecular weight excluding hydrogens is 217 g/mol. The van der Waals surface area contributed by atoms with Crippen LogP contribution < -0.4 is 0 Å². The van der Waals surface area contributed by atoms with Gasteiger partial charge in [0.2, 0.25) is 6.29 Å². The summed E-state index contributed by atoms with van der Waals surface area (Å²) in [6, 6.07) is 0. The topological polar surface area (TPSA) is 55.8 Å². The van der Waals surface area contributed by atoms with E-state index in [1.165, 1.54) is 0 Å². The molecule has 0 bridgehead atoms. The van der Waals surface area contributed by atoms with Gasteiger partial charge in [-0.05, 0) is 0 Å². The smallest absolute Gasteiger partial charge is 0.411 e. The van der Waals surface area contributed by atoms with Crippen LogP contribution >= 0.6 is 0 Å². The van der Waals surface area contributed by atoms with Gasteiger partial charge in [-0.25, -0.2) is 4.79 Å². The zero-order chi connectivity index (χ0) is 11.9. The average molecular weight is 228 g/mol. The summed E-state index contributed by atoms with van der Waals surface area (Å²) in [6.45, 7) is 1.33. The lowest BCUT2D eigenvalue weighted by molar-refractivity contribution is -0.183. The van der Waals surface area contributed by atoms with Crippen LogP contribution in [0.25, 0.3) is 0 Å². The van der Waals surface area contributed by atoms with Crippen molar-refractivity contribution in [1.82, 2.24) is 0 Å². The first-order chi connectivity index (χ1) is 6.85. The quantitative estimate of drug-likeness (QED) is 0.319. The highest BCUT2D eigenvalue weighted by molar-refractivity contribution is 5.81. The number of hydrogen-bond donors (Lipinski definition) is 1. The number of alkyl halides is 3. The summed E-state index contributed by atoms with van der Waals surface area (Å²) in [4.78, 5) is 10.5. The molecule has 0 spiro atoms. The van der Waals surface area contributed by atoms with Crippen molar-refractivity contribution in [2.45, 2.75) is 18.9 Å². The lowest BCUT2D eigenvalue weighted by Gasteiger charge is -2.11. The van der Waals surface area contributed by atoms with Crippen molar-refractivity contribution in [3.8, 4) is 0 Å². The fourth-order valence-corrected chi connectivity index (χ4v) is 0.613. The van der Waals surface area contributed by atoms with Gasteiger partial charge in [0.15, 0.2) is 0 Å². The van der Waals surface area contributed by atoms with Crippen LogP contribution in [0.4, 0.5) is 13.2 Å². The first-order valence-electron chi connectivity index (χ1n) is 4.01. The molecule has 0 fully saturated rings. The summed E-state index contributed by atoms with van der Waals surface area (Å²) in [5, 5.41) is 8.93. The highest BCUT2D eigenvalue weighted by Gasteiger charge is 2.27. The summed E-state index contributed by atoms with van der Waals surface area (Å²) >= 11 is 0. The van der Waals surface area contributed by atoms with Crippen LogP contribution in [0.5, 0.6) is 0 Å². The van der Waals surface area contributed by atoms with Crippen molar-refractivity contribution in [2.24, 2.45) is 0 Å². The normalized spacial score (nSPS) is 13.3. The zero-order valence-electron chi connectivity index (χ0n) is 7.79. The van der Waals surface area contributed by atoms with E-state index in [4.69, 9.17) is 5.11 Å². The predicted molar refractivity (Wildman–Crippen MR) is 43.8 cm³/mol. The molecule has 0 radical (unpaired) electrons. The molecule has 1 unspecified atom stereocenters. The summed E-state index contributed by atoms with van der Waals surface area (Å²) in [5.74, 6) is -0.849. The maximum Gasteiger partial charge on any atom is 0.411 e. The summed E-state index contributed by atoms with van der Waals surface area (Å²) in [5.41, 5.74) is 0. The molecule has 0 rings (SSSR count). The van der Waals surface area contributed by atoms with Crippen molar-refractivity contribution >= 4 is 5.97 Å². The SMILES string of the molecule is C=CC(=O)OC(O)CCOCC(F)(F)F. The number of carbonyl (C=O) groups excluding carboxylic acids is 1. The van der Waals surface area contributed by atoms with Gasteiger partial charge in [0.1, 0.15) is 6.61 Å². The monoisotopic (exact) mass is 228 g/mol. The molecule has 0 aromatic heterocycles. The van der Waals surface area contributed by atoms with Crippen molar-refractivity contribution < 1.29 is 32.5 Å². The molecule has 0 heterocycles. The molecule has 0 aliphatic rings. The van der Waals surface area contributed by atoms with Crippen LogP contribution in [0.15, 0.2) is 12.7 Å². The molecule has 1 atom stereocenters. The second-order valence-corrected chi connectivity index (χ2v) is 2.55. The maximum absolute atomic E-state index is 11.6. The van der Waals surface area contributed by atoms with Crippen LogP contribution in [-0.4, -0.2) is 36.8 Å². The number of aliphatic hydroxyl groups excluding tert-OH is 1. The molecule has 0 amide bonds. The van der Waals surface area contributed by atoms with Crippen molar-refractivity contribution in [3.05, 3.63) is 12.7 Å². The molecule has 0 saturated heterocycles. The van der Waals surface area contributed by atoms with Gasteiger partial charge in [0.05, 0.1) is 6.61 Å². The minimum absolute atomic E-state index is 0.227. The average Bonchev–Trinajstić information content (AvgIpc) is 2.11. The van der Waals surface area contributed by atoms with Crippen molar-refractivity contribution in [3.63, 3.8) is 0 Å². The number of rotatable bonds is 6. The Hall–Kier alpha value is -1.08. The third kappa shape index (κ3) is 9.23. The Balaban J connectivity index is 3.51. The minimum atomic E-state index is -4.40. The Morgan fingerprint density at radius 2 is 2.13 bits per heavy atom. The molecule has 0 saturated carbocycles. The predicted octanol–water partition coefficient (Wildman–Crippen LogP) is 1.00. The van der Waals surface area contributed by atoms with Crippen LogP contribution in [0, 0.1) is 0 Å². The van der Waals surface area contributed by atoms with Crippen LogP contribution in [0.1, 0.15) is 6.42 Å². The van der Waals surface area contributed by atoms with E-state index in [1.54, 1.807) is 0 Å². The second-order valence-electron chi connectivity index (χ2n) is 2.55. The molecule has 4 nitrogen and oxygen atoms in total. The van der Waals surface area contributed by atoms with E-state index in [1.807, 2.05) is 0 Å². The van der Waals surface area contributed by atoms with Gasteiger partial charge < -0.3 is 14.6 Å². The molecular formula is C8H11F3O4. The molecule has 0 aliphatic carbocycles. The zero-order valence-corrected chi connectivity index (χ0v) is 7.79. The molecule has 0 aliphatic heterocycles. The minimum Gasteiger partial charge on any atom is -0.433 e. The first kappa shape index (κ1) is 13.9. The molecule has 1 N–H and O–H groups in total. The summed E-state index contributed by atoms with van der Waals surface area (Å²) in [6.07, 6.45) is -5.28. The maximum atomic E-state index is 11.6. The number of hydrogen-bond acceptors (Lipinski definition) is 4. The van der Waals surface area contributed by atoms with Gasteiger partial charge in [0, 0.05) is 12.5 Å². The van der Waals surface area contributed by atoms with E-state index >= 15 is 0 Å². The largest absolute Gasteiger partial charge is 0.433 e. The number of ether oxygens (including phenoxy) is 2. The van der Waals surface area contributed by atoms with Gasteiger partial charge in [-0.15, -0.1) is 0 Å². The third-order valence-electron chi connectivity index (χ3n) is 1.19. The Morgan fingerprint density at radius 1 is 1.53 bits per heavy atom. The van der Waals surface area contributed by atoms with Gasteiger partial charge >= 0.3 is 12.1 Å². The summed E-state index contributed by atoms with van der Waals surface area (Å²) in [7, 11) is 0. The Labute approximate surface area is 84.3 Å². The standard InChI is InChI=1S/C8H11F3O4/c1-2-6(12)15-7(13)3-4-14-5-8(9,10)11/h2,7,13H,1,3-5H2. The van der Waals surface area contributed by atoms with Gasteiger partial charge in [0.25, 0.3) is 0 Å². The van der Waals surface area contributed by atoms with E-state index in [-0.39, 0.29) is 13.0 Å². The number of halogens is 3. The lowest BCUT2D eigenvalue weighted by Crippen LogP contribution is -2.21. The number of esters is 1. The summed E-state index contributed by atoms with van der Waals surface area (Å²) < 4.78 is 43.1. The van der Waals surface area contributed by atoms with Gasteiger partial charge in [-0.1, -0.05) is 6.58 Å². The fraction of sp³-hybridized carbons (Fsp3) is 0.625. The molecule has 0 aromatic carbocycles. The Kier molecular flexibility index (Phi) is 5.95. The lowest BCUT2D eigenvalue weighted by atomic mass is 10.4. The Morgan fingerprint density at radius 3 is 2.60 bits per heavy atom. The fourth-order valence-electron chi connectivity index (χ4n) is 0.613. The molecule has 88 valence electrons. The highest BCUT2D eigenvalue weighted by atomic mass is 19.4. The van der Waals surface area contributed by atoms with E-state index in [9.17, 15) is 18.0 Å². The van der Waals surface area contributed by atoms with E-state index in [2.05, 4.69) is 16.1 Å².